The number of methoxy groups -OCH3 is 2. The molecule has 0 spiro atoms. The van der Waals surface area contributed by atoms with Gasteiger partial charge in [-0.25, -0.2) is 0 Å². The predicted molar refractivity (Wildman–Crippen MR) is 60.9 cm³/mol. The number of rotatable bonds is 5. The smallest absolute Gasteiger partial charge is 0.190 e. The molecule has 15 heavy (non-hydrogen) atoms. The molecule has 0 bridgehead atoms. The fraction of sp³-hybridized carbons (Fsp3) is 0.750. The summed E-state index contributed by atoms with van der Waals surface area (Å²) < 4.78 is 10.5. The summed E-state index contributed by atoms with van der Waals surface area (Å²) in [6, 6.07) is 0. The lowest BCUT2D eigenvalue weighted by Gasteiger charge is -2.40. The van der Waals surface area contributed by atoms with Gasteiger partial charge in [-0.2, -0.15) is 0 Å². The Kier molecular flexibility index (Phi) is 5.18. The molecule has 1 unspecified atom stereocenters. The van der Waals surface area contributed by atoms with Gasteiger partial charge in [-0.1, -0.05) is 26.8 Å². The van der Waals surface area contributed by atoms with E-state index in [1.807, 2.05) is 27.7 Å². The summed E-state index contributed by atoms with van der Waals surface area (Å²) in [6.45, 7) is 7.98. The van der Waals surface area contributed by atoms with Crippen LogP contribution in [-0.4, -0.2) is 32.2 Å². The average molecular weight is 214 g/mol. The Morgan fingerprint density at radius 3 is 2.07 bits per heavy atom. The number of ketones is 1. The molecule has 0 aromatic rings. The van der Waals surface area contributed by atoms with E-state index < -0.39 is 5.60 Å². The predicted octanol–water partition coefficient (Wildman–Crippen LogP) is 2.21. The summed E-state index contributed by atoms with van der Waals surface area (Å²) >= 11 is 0. The Morgan fingerprint density at radius 1 is 1.27 bits per heavy atom. The van der Waals surface area contributed by atoms with E-state index in [0.29, 0.717) is 0 Å². The van der Waals surface area contributed by atoms with Crippen molar-refractivity contribution in [1.29, 1.82) is 0 Å². The average Bonchev–Trinajstić information content (AvgIpc) is 2.12. The Hall–Kier alpha value is -0.670. The zero-order chi connectivity index (χ0) is 12.1. The van der Waals surface area contributed by atoms with E-state index in [2.05, 4.69) is 0 Å². The highest BCUT2D eigenvalue weighted by atomic mass is 16.5. The SMILES string of the molecule is C/C=C/C(=O)C(COC)(OC)C(C)(C)C. The first-order valence-corrected chi connectivity index (χ1v) is 5.07. The van der Waals surface area contributed by atoms with Crippen molar-refractivity contribution in [2.24, 2.45) is 5.41 Å². The Balaban J connectivity index is 5.24. The van der Waals surface area contributed by atoms with Crippen LogP contribution < -0.4 is 0 Å². The van der Waals surface area contributed by atoms with Crippen molar-refractivity contribution >= 4 is 5.78 Å². The molecule has 0 aliphatic carbocycles. The minimum absolute atomic E-state index is 0.0538. The van der Waals surface area contributed by atoms with Gasteiger partial charge in [0.2, 0.25) is 0 Å². The van der Waals surface area contributed by atoms with E-state index in [-0.39, 0.29) is 17.8 Å². The van der Waals surface area contributed by atoms with Gasteiger partial charge in [0.25, 0.3) is 0 Å². The number of ether oxygens (including phenoxy) is 2. The summed E-state index contributed by atoms with van der Waals surface area (Å²) in [5.41, 5.74) is -1.22. The minimum atomic E-state index is -0.908. The molecule has 0 rings (SSSR count). The monoisotopic (exact) mass is 214 g/mol. The van der Waals surface area contributed by atoms with Crippen LogP contribution in [0.15, 0.2) is 12.2 Å². The van der Waals surface area contributed by atoms with Crippen LogP contribution in [0, 0.1) is 5.41 Å². The molecule has 0 aromatic heterocycles. The molecule has 0 fully saturated rings. The van der Waals surface area contributed by atoms with Gasteiger partial charge in [0.05, 0.1) is 6.61 Å². The molecule has 0 radical (unpaired) electrons. The first-order valence-electron chi connectivity index (χ1n) is 5.07. The Labute approximate surface area is 92.5 Å². The fourth-order valence-electron chi connectivity index (χ4n) is 1.61. The Morgan fingerprint density at radius 2 is 1.80 bits per heavy atom. The van der Waals surface area contributed by atoms with Gasteiger partial charge in [-0.05, 0) is 13.0 Å². The highest BCUT2D eigenvalue weighted by molar-refractivity contribution is 5.97. The molecule has 0 amide bonds. The second kappa shape index (κ2) is 5.42. The maximum atomic E-state index is 12.0. The zero-order valence-corrected chi connectivity index (χ0v) is 10.6. The van der Waals surface area contributed by atoms with Crippen LogP contribution in [0.2, 0.25) is 0 Å². The third kappa shape index (κ3) is 2.89. The second-order valence-corrected chi connectivity index (χ2v) is 4.58. The van der Waals surface area contributed by atoms with Crippen molar-refractivity contribution in [2.45, 2.75) is 33.3 Å². The molecule has 0 saturated carbocycles. The highest BCUT2D eigenvalue weighted by Crippen LogP contribution is 2.35. The van der Waals surface area contributed by atoms with Crippen molar-refractivity contribution in [2.75, 3.05) is 20.8 Å². The van der Waals surface area contributed by atoms with Crippen LogP contribution in [0.1, 0.15) is 27.7 Å². The van der Waals surface area contributed by atoms with Crippen LogP contribution in [-0.2, 0) is 14.3 Å². The lowest BCUT2D eigenvalue weighted by molar-refractivity contribution is -0.162. The van der Waals surface area contributed by atoms with E-state index in [0.717, 1.165) is 0 Å². The lowest BCUT2D eigenvalue weighted by Crippen LogP contribution is -2.54. The summed E-state index contributed by atoms with van der Waals surface area (Å²) in [5, 5.41) is 0. The summed E-state index contributed by atoms with van der Waals surface area (Å²) in [5.74, 6) is -0.0538. The van der Waals surface area contributed by atoms with Crippen LogP contribution in [0.5, 0.6) is 0 Å². The molecule has 0 heterocycles. The zero-order valence-electron chi connectivity index (χ0n) is 10.6. The second-order valence-electron chi connectivity index (χ2n) is 4.58. The van der Waals surface area contributed by atoms with E-state index in [1.54, 1.807) is 20.3 Å². The molecular formula is C12H22O3. The van der Waals surface area contributed by atoms with Crippen molar-refractivity contribution in [1.82, 2.24) is 0 Å². The minimum Gasteiger partial charge on any atom is -0.381 e. The third-order valence-corrected chi connectivity index (χ3v) is 2.62. The van der Waals surface area contributed by atoms with Gasteiger partial charge in [0.1, 0.15) is 0 Å². The van der Waals surface area contributed by atoms with E-state index >= 15 is 0 Å². The van der Waals surface area contributed by atoms with Crippen molar-refractivity contribution in [3.8, 4) is 0 Å². The van der Waals surface area contributed by atoms with Gasteiger partial charge in [0.15, 0.2) is 11.4 Å². The summed E-state index contributed by atoms with van der Waals surface area (Å²) in [6.07, 6.45) is 3.26. The van der Waals surface area contributed by atoms with Crippen molar-refractivity contribution < 1.29 is 14.3 Å². The number of hydrogen-bond donors (Lipinski definition) is 0. The molecule has 3 nitrogen and oxygen atoms in total. The number of carbonyl (C=O) groups excluding carboxylic acids is 1. The maximum Gasteiger partial charge on any atom is 0.190 e. The molecule has 3 heteroatoms. The molecule has 1 atom stereocenters. The molecule has 88 valence electrons. The summed E-state index contributed by atoms with van der Waals surface area (Å²) in [7, 11) is 3.12. The van der Waals surface area contributed by atoms with Gasteiger partial charge in [0, 0.05) is 19.6 Å². The number of hydrogen-bond acceptors (Lipinski definition) is 3. The van der Waals surface area contributed by atoms with Gasteiger partial charge >= 0.3 is 0 Å². The van der Waals surface area contributed by atoms with Gasteiger partial charge in [-0.15, -0.1) is 0 Å². The van der Waals surface area contributed by atoms with E-state index in [1.165, 1.54) is 6.08 Å². The molecule has 0 aliphatic rings. The van der Waals surface area contributed by atoms with E-state index in [9.17, 15) is 4.79 Å². The van der Waals surface area contributed by atoms with Gasteiger partial charge < -0.3 is 9.47 Å². The lowest BCUT2D eigenvalue weighted by atomic mass is 9.74. The third-order valence-electron chi connectivity index (χ3n) is 2.62. The topological polar surface area (TPSA) is 35.5 Å². The first kappa shape index (κ1) is 14.3. The standard InChI is InChI=1S/C12H22O3/c1-7-8-10(13)12(15-6,9-14-5)11(2,3)4/h7-8H,9H2,1-6H3/b8-7+. The molecular weight excluding hydrogens is 192 g/mol. The van der Waals surface area contributed by atoms with E-state index in [4.69, 9.17) is 9.47 Å². The van der Waals surface area contributed by atoms with Crippen LogP contribution in [0.3, 0.4) is 0 Å². The van der Waals surface area contributed by atoms with Crippen LogP contribution >= 0.6 is 0 Å². The fourth-order valence-corrected chi connectivity index (χ4v) is 1.61. The normalized spacial score (nSPS) is 16.7. The largest absolute Gasteiger partial charge is 0.381 e. The maximum absolute atomic E-state index is 12.0. The van der Waals surface area contributed by atoms with Gasteiger partial charge in [-0.3, -0.25) is 4.79 Å². The highest BCUT2D eigenvalue weighted by Gasteiger charge is 2.47. The van der Waals surface area contributed by atoms with Crippen LogP contribution in [0.4, 0.5) is 0 Å². The van der Waals surface area contributed by atoms with Crippen molar-refractivity contribution in [3.05, 3.63) is 12.2 Å². The quantitative estimate of drug-likeness (QED) is 0.658. The molecule has 0 aliphatic heterocycles. The molecule has 0 saturated heterocycles. The van der Waals surface area contributed by atoms with Crippen molar-refractivity contribution in [3.63, 3.8) is 0 Å². The molecule has 0 aromatic carbocycles. The Bertz CT molecular complexity index is 238. The van der Waals surface area contributed by atoms with Crippen LogP contribution in [0.25, 0.3) is 0 Å². The number of carbonyl (C=O) groups is 1. The molecule has 0 N–H and O–H groups in total. The first-order chi connectivity index (χ1) is 6.85. The summed E-state index contributed by atoms with van der Waals surface area (Å²) in [4.78, 5) is 12.0. The number of allylic oxidation sites excluding steroid dienone is 1.